The molecular weight excluding hydrogens is 272 g/mol. The third kappa shape index (κ3) is 7.06. The molecule has 0 bridgehead atoms. The number of ether oxygens (including phenoxy) is 2. The first kappa shape index (κ1) is 18.8. The van der Waals surface area contributed by atoms with E-state index in [1.54, 1.807) is 0 Å². The maximum Gasteiger partial charge on any atom is 0.114 e. The van der Waals surface area contributed by atoms with E-state index in [-0.39, 0.29) is 13.2 Å². The van der Waals surface area contributed by atoms with Crippen molar-refractivity contribution in [1.82, 2.24) is 0 Å². The summed E-state index contributed by atoms with van der Waals surface area (Å²) in [6, 6.07) is 0. The topological polar surface area (TPSA) is 79.2 Å². The van der Waals surface area contributed by atoms with Crippen molar-refractivity contribution in [1.29, 1.82) is 0 Å². The van der Waals surface area contributed by atoms with Crippen molar-refractivity contribution in [2.45, 2.75) is 82.7 Å². The fourth-order valence-electron chi connectivity index (χ4n) is 2.71. The van der Waals surface area contributed by atoms with Gasteiger partial charge in [0.25, 0.3) is 0 Å². The van der Waals surface area contributed by atoms with E-state index in [0.29, 0.717) is 6.61 Å². The number of hydrogen-bond donors (Lipinski definition) is 3. The van der Waals surface area contributed by atoms with E-state index in [4.69, 9.17) is 14.6 Å². The van der Waals surface area contributed by atoms with Crippen LogP contribution in [0.3, 0.4) is 0 Å². The lowest BCUT2D eigenvalue weighted by atomic mass is 10.1. The van der Waals surface area contributed by atoms with Crippen LogP contribution in [0.4, 0.5) is 0 Å². The Morgan fingerprint density at radius 1 is 1.10 bits per heavy atom. The smallest absolute Gasteiger partial charge is 0.114 e. The SMILES string of the molecule is CCCCCCCCCCO[C@H]1[C@@H]([C@@H](O)CO)OC[C@H]1O. The summed E-state index contributed by atoms with van der Waals surface area (Å²) in [5.41, 5.74) is 0. The molecule has 3 N–H and O–H groups in total. The Morgan fingerprint density at radius 2 is 1.71 bits per heavy atom. The Labute approximate surface area is 128 Å². The number of rotatable bonds is 12. The van der Waals surface area contributed by atoms with Gasteiger partial charge in [0.15, 0.2) is 0 Å². The maximum atomic E-state index is 9.78. The quantitative estimate of drug-likeness (QED) is 0.478. The molecule has 1 rings (SSSR count). The Kier molecular flexibility index (Phi) is 10.2. The van der Waals surface area contributed by atoms with Gasteiger partial charge in [-0.1, -0.05) is 51.9 Å². The summed E-state index contributed by atoms with van der Waals surface area (Å²) in [5.74, 6) is 0. The largest absolute Gasteiger partial charge is 0.394 e. The average molecular weight is 304 g/mol. The van der Waals surface area contributed by atoms with Gasteiger partial charge in [-0.25, -0.2) is 0 Å². The van der Waals surface area contributed by atoms with Gasteiger partial charge >= 0.3 is 0 Å². The van der Waals surface area contributed by atoms with Crippen LogP contribution in [-0.4, -0.2) is 59.6 Å². The van der Waals surface area contributed by atoms with Crippen LogP contribution in [0.15, 0.2) is 0 Å². The summed E-state index contributed by atoms with van der Waals surface area (Å²) >= 11 is 0. The molecule has 0 amide bonds. The van der Waals surface area contributed by atoms with E-state index in [0.717, 1.165) is 12.8 Å². The first-order valence-corrected chi connectivity index (χ1v) is 8.40. The monoisotopic (exact) mass is 304 g/mol. The molecule has 0 unspecified atom stereocenters. The van der Waals surface area contributed by atoms with Crippen LogP contribution >= 0.6 is 0 Å². The van der Waals surface area contributed by atoms with Crippen molar-refractivity contribution >= 4 is 0 Å². The highest BCUT2D eigenvalue weighted by Crippen LogP contribution is 2.21. The third-order valence-corrected chi connectivity index (χ3v) is 4.04. The van der Waals surface area contributed by atoms with Gasteiger partial charge in [-0.2, -0.15) is 0 Å². The van der Waals surface area contributed by atoms with E-state index in [9.17, 15) is 10.2 Å². The van der Waals surface area contributed by atoms with Crippen LogP contribution < -0.4 is 0 Å². The molecule has 1 fully saturated rings. The average Bonchev–Trinajstić information content (AvgIpc) is 2.86. The predicted molar refractivity (Wildman–Crippen MR) is 81.2 cm³/mol. The van der Waals surface area contributed by atoms with E-state index >= 15 is 0 Å². The summed E-state index contributed by atoms with van der Waals surface area (Å²) in [6.07, 6.45) is 6.97. The highest BCUT2D eigenvalue weighted by molar-refractivity contribution is 4.89. The van der Waals surface area contributed by atoms with Crippen molar-refractivity contribution in [3.8, 4) is 0 Å². The molecule has 1 heterocycles. The van der Waals surface area contributed by atoms with E-state index in [2.05, 4.69) is 6.92 Å². The molecule has 5 nitrogen and oxygen atoms in total. The van der Waals surface area contributed by atoms with Gasteiger partial charge in [-0.05, 0) is 6.42 Å². The zero-order valence-corrected chi connectivity index (χ0v) is 13.2. The van der Waals surface area contributed by atoms with Crippen molar-refractivity contribution in [3.63, 3.8) is 0 Å². The Balaban J connectivity index is 2.05. The van der Waals surface area contributed by atoms with Gasteiger partial charge in [-0.3, -0.25) is 0 Å². The first-order valence-electron chi connectivity index (χ1n) is 8.40. The van der Waals surface area contributed by atoms with Crippen molar-refractivity contribution in [2.75, 3.05) is 19.8 Å². The number of hydrogen-bond acceptors (Lipinski definition) is 5. The second kappa shape index (κ2) is 11.4. The molecule has 0 aliphatic carbocycles. The van der Waals surface area contributed by atoms with Gasteiger partial charge in [-0.15, -0.1) is 0 Å². The second-order valence-electron chi connectivity index (χ2n) is 5.93. The molecule has 0 spiro atoms. The highest BCUT2D eigenvalue weighted by Gasteiger charge is 2.40. The summed E-state index contributed by atoms with van der Waals surface area (Å²) in [5, 5.41) is 28.4. The Morgan fingerprint density at radius 3 is 2.33 bits per heavy atom. The third-order valence-electron chi connectivity index (χ3n) is 4.04. The van der Waals surface area contributed by atoms with Crippen molar-refractivity contribution < 1.29 is 24.8 Å². The zero-order chi connectivity index (χ0) is 15.5. The maximum absolute atomic E-state index is 9.78. The van der Waals surface area contributed by atoms with Crippen LogP contribution in [0, 0.1) is 0 Å². The molecule has 5 heteroatoms. The Bertz CT molecular complexity index is 249. The van der Waals surface area contributed by atoms with Gasteiger partial charge in [0, 0.05) is 6.61 Å². The van der Waals surface area contributed by atoms with E-state index in [1.165, 1.54) is 38.5 Å². The van der Waals surface area contributed by atoms with Crippen LogP contribution in [0.1, 0.15) is 58.3 Å². The van der Waals surface area contributed by atoms with Crippen LogP contribution in [0.5, 0.6) is 0 Å². The molecule has 21 heavy (non-hydrogen) atoms. The molecule has 1 saturated heterocycles. The number of aliphatic hydroxyl groups excluding tert-OH is 3. The summed E-state index contributed by atoms with van der Waals surface area (Å²) < 4.78 is 10.9. The van der Waals surface area contributed by atoms with Crippen molar-refractivity contribution in [3.05, 3.63) is 0 Å². The lowest BCUT2D eigenvalue weighted by Gasteiger charge is -2.23. The fourth-order valence-corrected chi connectivity index (χ4v) is 2.71. The summed E-state index contributed by atoms with van der Waals surface area (Å²) in [6.45, 7) is 2.56. The predicted octanol–water partition coefficient (Wildman–Crippen LogP) is 1.63. The highest BCUT2D eigenvalue weighted by atomic mass is 16.6. The Hall–Kier alpha value is -0.200. The van der Waals surface area contributed by atoms with Crippen LogP contribution in [0.25, 0.3) is 0 Å². The standard InChI is InChI=1S/C16H32O5/c1-2-3-4-5-6-7-8-9-10-20-16-14(19)12-21-15(16)13(18)11-17/h13-19H,2-12H2,1H3/t13-,14+,15+,16+/m0/s1. The van der Waals surface area contributed by atoms with E-state index in [1.807, 2.05) is 0 Å². The molecule has 4 atom stereocenters. The summed E-state index contributed by atoms with van der Waals surface area (Å²) in [7, 11) is 0. The van der Waals surface area contributed by atoms with Gasteiger partial charge in [0.1, 0.15) is 24.4 Å². The minimum Gasteiger partial charge on any atom is -0.394 e. The number of unbranched alkanes of at least 4 members (excludes halogenated alkanes) is 7. The lowest BCUT2D eigenvalue weighted by Crippen LogP contribution is -2.42. The van der Waals surface area contributed by atoms with Gasteiger partial charge < -0.3 is 24.8 Å². The first-order chi connectivity index (χ1) is 10.2. The van der Waals surface area contributed by atoms with Gasteiger partial charge in [0.2, 0.25) is 0 Å². The molecule has 1 aliphatic rings. The van der Waals surface area contributed by atoms with Crippen LogP contribution in [-0.2, 0) is 9.47 Å². The van der Waals surface area contributed by atoms with Crippen molar-refractivity contribution in [2.24, 2.45) is 0 Å². The molecule has 0 aromatic carbocycles. The van der Waals surface area contributed by atoms with Crippen LogP contribution in [0.2, 0.25) is 0 Å². The molecule has 0 saturated carbocycles. The second-order valence-corrected chi connectivity index (χ2v) is 5.93. The number of aliphatic hydroxyl groups is 3. The van der Waals surface area contributed by atoms with Gasteiger partial charge in [0.05, 0.1) is 13.2 Å². The fraction of sp³-hybridized carbons (Fsp3) is 1.00. The molecule has 0 aromatic rings. The molecular formula is C16H32O5. The lowest BCUT2D eigenvalue weighted by molar-refractivity contribution is -0.0938. The minimum atomic E-state index is -0.995. The molecule has 126 valence electrons. The minimum absolute atomic E-state index is 0.157. The van der Waals surface area contributed by atoms with E-state index < -0.39 is 24.4 Å². The summed E-state index contributed by atoms with van der Waals surface area (Å²) in [4.78, 5) is 0. The molecule has 1 aliphatic heterocycles. The molecule has 0 radical (unpaired) electrons. The molecule has 0 aromatic heterocycles. The zero-order valence-electron chi connectivity index (χ0n) is 13.2. The normalized spacial score (nSPS) is 27.1.